The van der Waals surface area contributed by atoms with E-state index >= 15 is 0 Å². The van der Waals surface area contributed by atoms with Crippen LogP contribution >= 0.6 is 11.3 Å². The van der Waals surface area contributed by atoms with E-state index in [0.29, 0.717) is 18.8 Å². The Bertz CT molecular complexity index is 704. The van der Waals surface area contributed by atoms with Gasteiger partial charge in [-0.25, -0.2) is 0 Å². The SMILES string of the molecule is CCN(CCc1ccncc1)C(=O)c1cc2sccc2[nH]1. The van der Waals surface area contributed by atoms with Crippen LogP contribution in [0.3, 0.4) is 0 Å². The highest BCUT2D eigenvalue weighted by atomic mass is 32.1. The lowest BCUT2D eigenvalue weighted by atomic mass is 10.2. The molecule has 0 bridgehead atoms. The van der Waals surface area contributed by atoms with Crippen LogP contribution in [0.5, 0.6) is 0 Å². The molecular weight excluding hydrogens is 282 g/mol. The van der Waals surface area contributed by atoms with Gasteiger partial charge in [-0.1, -0.05) is 0 Å². The van der Waals surface area contributed by atoms with Gasteiger partial charge in [0.15, 0.2) is 0 Å². The predicted octanol–water partition coefficient (Wildman–Crippen LogP) is 3.33. The van der Waals surface area contributed by atoms with Crippen molar-refractivity contribution in [2.45, 2.75) is 13.3 Å². The van der Waals surface area contributed by atoms with Gasteiger partial charge < -0.3 is 9.88 Å². The van der Waals surface area contributed by atoms with Crippen LogP contribution in [0.4, 0.5) is 0 Å². The van der Waals surface area contributed by atoms with Crippen molar-refractivity contribution in [2.24, 2.45) is 0 Å². The van der Waals surface area contributed by atoms with Gasteiger partial charge in [-0.15, -0.1) is 11.3 Å². The molecule has 0 unspecified atom stereocenters. The van der Waals surface area contributed by atoms with Crippen molar-refractivity contribution in [1.29, 1.82) is 0 Å². The van der Waals surface area contributed by atoms with Crippen molar-refractivity contribution >= 4 is 27.5 Å². The van der Waals surface area contributed by atoms with E-state index in [2.05, 4.69) is 9.97 Å². The summed E-state index contributed by atoms with van der Waals surface area (Å²) in [4.78, 5) is 21.6. The minimum atomic E-state index is 0.0648. The highest BCUT2D eigenvalue weighted by Crippen LogP contribution is 2.22. The first-order chi connectivity index (χ1) is 10.3. The number of pyridine rings is 1. The highest BCUT2D eigenvalue weighted by Gasteiger charge is 2.16. The second-order valence-electron chi connectivity index (χ2n) is 4.87. The third kappa shape index (κ3) is 2.97. The molecule has 0 spiro atoms. The first-order valence-electron chi connectivity index (χ1n) is 7.02. The topological polar surface area (TPSA) is 49.0 Å². The van der Waals surface area contributed by atoms with Crippen LogP contribution in [-0.2, 0) is 6.42 Å². The van der Waals surface area contributed by atoms with Crippen molar-refractivity contribution < 1.29 is 4.79 Å². The van der Waals surface area contributed by atoms with E-state index in [0.717, 1.165) is 16.6 Å². The number of thiophene rings is 1. The van der Waals surface area contributed by atoms with Gasteiger partial charge in [-0.3, -0.25) is 9.78 Å². The molecule has 5 heteroatoms. The number of aromatic amines is 1. The Labute approximate surface area is 127 Å². The second-order valence-corrected chi connectivity index (χ2v) is 5.82. The van der Waals surface area contributed by atoms with Crippen LogP contribution in [0.25, 0.3) is 10.2 Å². The number of hydrogen-bond acceptors (Lipinski definition) is 3. The summed E-state index contributed by atoms with van der Waals surface area (Å²) < 4.78 is 1.13. The molecule has 0 fully saturated rings. The molecule has 108 valence electrons. The van der Waals surface area contributed by atoms with Gasteiger partial charge >= 0.3 is 0 Å². The molecule has 0 saturated carbocycles. The maximum absolute atomic E-state index is 12.6. The van der Waals surface area contributed by atoms with Gasteiger partial charge in [0, 0.05) is 25.5 Å². The predicted molar refractivity (Wildman–Crippen MR) is 85.7 cm³/mol. The van der Waals surface area contributed by atoms with Crippen LogP contribution in [0.1, 0.15) is 23.0 Å². The quantitative estimate of drug-likeness (QED) is 0.785. The third-order valence-electron chi connectivity index (χ3n) is 3.56. The van der Waals surface area contributed by atoms with Crippen molar-refractivity contribution in [3.05, 3.63) is 53.3 Å². The third-order valence-corrected chi connectivity index (χ3v) is 4.42. The number of amides is 1. The molecule has 3 aromatic rings. The van der Waals surface area contributed by atoms with Crippen molar-refractivity contribution in [2.75, 3.05) is 13.1 Å². The Morgan fingerprint density at radius 2 is 2.14 bits per heavy atom. The summed E-state index contributed by atoms with van der Waals surface area (Å²) >= 11 is 1.65. The fraction of sp³-hybridized carbons (Fsp3) is 0.250. The van der Waals surface area contributed by atoms with E-state index in [1.54, 1.807) is 23.7 Å². The summed E-state index contributed by atoms with van der Waals surface area (Å²) in [5, 5.41) is 2.02. The number of fused-ring (bicyclic) bond motifs is 1. The molecule has 0 atom stereocenters. The van der Waals surface area contributed by atoms with Crippen molar-refractivity contribution in [1.82, 2.24) is 14.9 Å². The number of rotatable bonds is 5. The summed E-state index contributed by atoms with van der Waals surface area (Å²) in [6, 6.07) is 7.92. The number of aromatic nitrogens is 2. The number of nitrogens with zero attached hydrogens (tertiary/aromatic N) is 2. The fourth-order valence-electron chi connectivity index (χ4n) is 2.35. The lowest BCUT2D eigenvalue weighted by molar-refractivity contribution is 0.0761. The normalized spacial score (nSPS) is 10.9. The van der Waals surface area contributed by atoms with Crippen molar-refractivity contribution in [3.63, 3.8) is 0 Å². The monoisotopic (exact) mass is 299 g/mol. The fourth-order valence-corrected chi connectivity index (χ4v) is 3.13. The van der Waals surface area contributed by atoms with Crippen molar-refractivity contribution in [3.8, 4) is 0 Å². The van der Waals surface area contributed by atoms with Crippen LogP contribution < -0.4 is 0 Å². The van der Waals surface area contributed by atoms with Gasteiger partial charge in [-0.05, 0) is 48.6 Å². The number of H-pyrrole nitrogens is 1. The zero-order valence-electron chi connectivity index (χ0n) is 11.9. The molecule has 21 heavy (non-hydrogen) atoms. The number of hydrogen-bond donors (Lipinski definition) is 1. The lowest BCUT2D eigenvalue weighted by Gasteiger charge is -2.20. The standard InChI is InChI=1S/C16H17N3OS/c1-2-19(9-5-12-3-7-17-8-4-12)16(20)14-11-15-13(18-14)6-10-21-15/h3-4,6-8,10-11,18H,2,5,9H2,1H3. The second kappa shape index (κ2) is 6.10. The Kier molecular flexibility index (Phi) is 4.01. The van der Waals surface area contributed by atoms with E-state index in [1.807, 2.05) is 41.5 Å². The van der Waals surface area contributed by atoms with Gasteiger partial charge in [0.05, 0.1) is 10.2 Å². The molecule has 3 heterocycles. The number of likely N-dealkylation sites (N-methyl/N-ethyl adjacent to an activating group) is 1. The van der Waals surface area contributed by atoms with Gasteiger partial charge in [0.2, 0.25) is 0 Å². The largest absolute Gasteiger partial charge is 0.350 e. The number of carbonyl (C=O) groups is 1. The zero-order chi connectivity index (χ0) is 14.7. The Morgan fingerprint density at radius 1 is 1.33 bits per heavy atom. The smallest absolute Gasteiger partial charge is 0.270 e. The molecule has 0 saturated heterocycles. The van der Waals surface area contributed by atoms with Crippen LogP contribution in [0.2, 0.25) is 0 Å². The average Bonchev–Trinajstić information content (AvgIpc) is 3.10. The molecule has 0 aliphatic heterocycles. The maximum atomic E-state index is 12.6. The maximum Gasteiger partial charge on any atom is 0.270 e. The minimum absolute atomic E-state index is 0.0648. The number of carbonyl (C=O) groups excluding carboxylic acids is 1. The number of nitrogens with one attached hydrogen (secondary N) is 1. The van der Waals surface area contributed by atoms with Gasteiger partial charge in [0.1, 0.15) is 5.69 Å². The van der Waals surface area contributed by atoms with Crippen LogP contribution in [0.15, 0.2) is 42.0 Å². The van der Waals surface area contributed by atoms with E-state index in [-0.39, 0.29) is 5.91 Å². The Morgan fingerprint density at radius 3 is 2.86 bits per heavy atom. The first-order valence-corrected chi connectivity index (χ1v) is 7.90. The summed E-state index contributed by atoms with van der Waals surface area (Å²) in [7, 11) is 0. The first kappa shape index (κ1) is 13.8. The zero-order valence-corrected chi connectivity index (χ0v) is 12.7. The molecule has 0 aliphatic rings. The molecule has 0 aromatic carbocycles. The molecule has 0 aliphatic carbocycles. The highest BCUT2D eigenvalue weighted by molar-refractivity contribution is 7.17. The molecule has 3 rings (SSSR count). The average molecular weight is 299 g/mol. The molecule has 1 amide bonds. The summed E-state index contributed by atoms with van der Waals surface area (Å²) in [5.74, 6) is 0.0648. The molecular formula is C16H17N3OS. The van der Waals surface area contributed by atoms with Crippen LogP contribution in [0, 0.1) is 0 Å². The van der Waals surface area contributed by atoms with Gasteiger partial charge in [0.25, 0.3) is 5.91 Å². The summed E-state index contributed by atoms with van der Waals surface area (Å²) in [5.41, 5.74) is 2.91. The Hall–Kier alpha value is -2.14. The Balaban J connectivity index is 1.70. The summed E-state index contributed by atoms with van der Waals surface area (Å²) in [6.07, 6.45) is 4.41. The molecule has 3 aromatic heterocycles. The van der Waals surface area contributed by atoms with E-state index < -0.39 is 0 Å². The van der Waals surface area contributed by atoms with Gasteiger partial charge in [-0.2, -0.15) is 0 Å². The van der Waals surface area contributed by atoms with Crippen LogP contribution in [-0.4, -0.2) is 33.9 Å². The lowest BCUT2D eigenvalue weighted by Crippen LogP contribution is -2.32. The molecule has 0 radical (unpaired) electrons. The van der Waals surface area contributed by atoms with E-state index in [1.165, 1.54) is 5.56 Å². The molecule has 4 nitrogen and oxygen atoms in total. The minimum Gasteiger partial charge on any atom is -0.350 e. The summed E-state index contributed by atoms with van der Waals surface area (Å²) in [6.45, 7) is 3.43. The van der Waals surface area contributed by atoms with E-state index in [9.17, 15) is 4.79 Å². The van der Waals surface area contributed by atoms with E-state index in [4.69, 9.17) is 0 Å². The molecule has 1 N–H and O–H groups in total.